The Morgan fingerprint density at radius 3 is 2.81 bits per heavy atom. The number of rotatable bonds is 3. The first-order valence-electron chi connectivity index (χ1n) is 7.26. The van der Waals surface area contributed by atoms with Crippen molar-refractivity contribution in [2.24, 2.45) is 0 Å². The van der Waals surface area contributed by atoms with Crippen molar-refractivity contribution in [1.29, 1.82) is 0 Å². The van der Waals surface area contributed by atoms with Crippen LogP contribution in [0.3, 0.4) is 0 Å². The third-order valence-electron chi connectivity index (χ3n) is 3.80. The number of ketones is 1. The highest BCUT2D eigenvalue weighted by molar-refractivity contribution is 7.09. The van der Waals surface area contributed by atoms with Crippen molar-refractivity contribution in [2.45, 2.75) is 45.6 Å². The molecule has 0 saturated carbocycles. The molecular formula is C16H18N2O2S. The van der Waals surface area contributed by atoms with E-state index in [9.17, 15) is 9.59 Å². The van der Waals surface area contributed by atoms with Crippen molar-refractivity contribution in [1.82, 2.24) is 9.55 Å². The Kier molecular flexibility index (Phi) is 3.76. The lowest BCUT2D eigenvalue weighted by Crippen LogP contribution is -2.28. The van der Waals surface area contributed by atoms with Gasteiger partial charge in [0.25, 0.3) is 5.56 Å². The van der Waals surface area contributed by atoms with Gasteiger partial charge < -0.3 is 4.57 Å². The molecular weight excluding hydrogens is 284 g/mol. The lowest BCUT2D eigenvalue weighted by Gasteiger charge is -2.19. The fourth-order valence-corrected chi connectivity index (χ4v) is 3.52. The molecule has 0 fully saturated rings. The molecule has 0 N–H and O–H groups in total. The topological polar surface area (TPSA) is 52.0 Å². The van der Waals surface area contributed by atoms with Crippen molar-refractivity contribution >= 4 is 17.1 Å². The number of nitrogens with zero attached hydrogens (tertiary/aromatic N) is 2. The van der Waals surface area contributed by atoms with E-state index in [-0.39, 0.29) is 11.3 Å². The SMILES string of the molecule is CC(C)c1nc(Cn2c3c(ccc2=O)C(=O)CCC3)cs1. The van der Waals surface area contributed by atoms with Crippen LogP contribution in [0.5, 0.6) is 0 Å². The molecule has 2 heterocycles. The maximum atomic E-state index is 12.2. The Morgan fingerprint density at radius 1 is 1.29 bits per heavy atom. The molecule has 0 unspecified atom stereocenters. The van der Waals surface area contributed by atoms with E-state index < -0.39 is 0 Å². The lowest BCUT2D eigenvalue weighted by molar-refractivity contribution is 0.0970. The van der Waals surface area contributed by atoms with Crippen molar-refractivity contribution in [3.63, 3.8) is 0 Å². The second-order valence-electron chi connectivity index (χ2n) is 5.73. The zero-order valence-corrected chi connectivity index (χ0v) is 13.1. The fourth-order valence-electron chi connectivity index (χ4n) is 2.69. The summed E-state index contributed by atoms with van der Waals surface area (Å²) in [5, 5.41) is 3.09. The molecule has 0 saturated heterocycles. The number of fused-ring (bicyclic) bond motifs is 1. The third kappa shape index (κ3) is 2.70. The van der Waals surface area contributed by atoms with Gasteiger partial charge in [-0.05, 0) is 18.9 Å². The Morgan fingerprint density at radius 2 is 2.10 bits per heavy atom. The maximum Gasteiger partial charge on any atom is 0.251 e. The zero-order valence-electron chi connectivity index (χ0n) is 12.3. The molecule has 0 aliphatic heterocycles. The largest absolute Gasteiger partial charge is 0.306 e. The van der Waals surface area contributed by atoms with Gasteiger partial charge in [0.15, 0.2) is 5.78 Å². The Labute approximate surface area is 127 Å². The summed E-state index contributed by atoms with van der Waals surface area (Å²) >= 11 is 1.63. The summed E-state index contributed by atoms with van der Waals surface area (Å²) in [4.78, 5) is 28.7. The van der Waals surface area contributed by atoms with Gasteiger partial charge in [-0.3, -0.25) is 9.59 Å². The molecule has 3 rings (SSSR count). The number of carbonyl (C=O) groups excluding carboxylic acids is 1. The van der Waals surface area contributed by atoms with Crippen LogP contribution in [0.15, 0.2) is 22.3 Å². The van der Waals surface area contributed by atoms with Crippen LogP contribution in [0, 0.1) is 0 Å². The average molecular weight is 302 g/mol. The summed E-state index contributed by atoms with van der Waals surface area (Å²) in [6, 6.07) is 3.17. The molecule has 2 aromatic rings. The van der Waals surface area contributed by atoms with Crippen molar-refractivity contribution in [2.75, 3.05) is 0 Å². The molecule has 1 aliphatic carbocycles. The number of aromatic nitrogens is 2. The molecule has 0 bridgehead atoms. The molecule has 0 atom stereocenters. The van der Waals surface area contributed by atoms with Crippen molar-refractivity contribution < 1.29 is 4.79 Å². The number of thiazole rings is 1. The van der Waals surface area contributed by atoms with E-state index in [4.69, 9.17) is 0 Å². The molecule has 4 nitrogen and oxygen atoms in total. The third-order valence-corrected chi connectivity index (χ3v) is 4.99. The predicted octanol–water partition coefficient (Wildman–Crippen LogP) is 3.00. The smallest absolute Gasteiger partial charge is 0.251 e. The highest BCUT2D eigenvalue weighted by Gasteiger charge is 2.21. The quantitative estimate of drug-likeness (QED) is 0.876. The first kappa shape index (κ1) is 14.2. The predicted molar refractivity (Wildman–Crippen MR) is 83.3 cm³/mol. The lowest BCUT2D eigenvalue weighted by atomic mass is 9.94. The van der Waals surface area contributed by atoms with E-state index in [0.717, 1.165) is 29.2 Å². The van der Waals surface area contributed by atoms with Gasteiger partial charge in [-0.25, -0.2) is 4.98 Å². The van der Waals surface area contributed by atoms with E-state index in [0.29, 0.717) is 24.4 Å². The van der Waals surface area contributed by atoms with Crippen LogP contribution in [-0.2, 0) is 13.0 Å². The molecule has 5 heteroatoms. The zero-order chi connectivity index (χ0) is 15.0. The van der Waals surface area contributed by atoms with Gasteiger partial charge in [0.2, 0.25) is 0 Å². The first-order chi connectivity index (χ1) is 10.1. The van der Waals surface area contributed by atoms with Crippen LogP contribution >= 0.6 is 11.3 Å². The van der Waals surface area contributed by atoms with Crippen molar-refractivity contribution in [3.05, 3.63) is 49.8 Å². The van der Waals surface area contributed by atoms with Crippen molar-refractivity contribution in [3.8, 4) is 0 Å². The number of pyridine rings is 1. The molecule has 21 heavy (non-hydrogen) atoms. The summed E-state index contributed by atoms with van der Waals surface area (Å²) < 4.78 is 1.71. The standard InChI is InChI=1S/C16H18N2O2S/c1-10(2)16-17-11(9-21-16)8-18-13-4-3-5-14(19)12(13)6-7-15(18)20/h6-7,9-10H,3-5,8H2,1-2H3. The minimum absolute atomic E-state index is 0.0532. The van der Waals surface area contributed by atoms with Gasteiger partial charge in [0.1, 0.15) is 0 Å². The van der Waals surface area contributed by atoms with Gasteiger partial charge in [-0.2, -0.15) is 0 Å². The summed E-state index contributed by atoms with van der Waals surface area (Å²) in [5.41, 5.74) is 2.43. The summed E-state index contributed by atoms with van der Waals surface area (Å²) in [6.07, 6.45) is 2.20. The molecule has 0 aromatic carbocycles. The average Bonchev–Trinajstić information content (AvgIpc) is 2.91. The molecule has 2 aromatic heterocycles. The highest BCUT2D eigenvalue weighted by Crippen LogP contribution is 2.22. The molecule has 0 amide bonds. The van der Waals surface area contributed by atoms with Crippen LogP contribution in [0.1, 0.15) is 59.4 Å². The first-order valence-corrected chi connectivity index (χ1v) is 8.14. The highest BCUT2D eigenvalue weighted by atomic mass is 32.1. The molecule has 0 spiro atoms. The number of hydrogen-bond acceptors (Lipinski definition) is 4. The molecule has 1 aliphatic rings. The number of hydrogen-bond donors (Lipinski definition) is 0. The van der Waals surface area contributed by atoms with E-state index in [1.54, 1.807) is 22.0 Å². The molecule has 110 valence electrons. The van der Waals surface area contributed by atoms with Crippen LogP contribution in [0.2, 0.25) is 0 Å². The van der Waals surface area contributed by atoms with E-state index in [2.05, 4.69) is 18.8 Å². The summed E-state index contributed by atoms with van der Waals surface area (Å²) in [6.45, 7) is 4.67. The Balaban J connectivity index is 2.00. The summed E-state index contributed by atoms with van der Waals surface area (Å²) in [7, 11) is 0. The van der Waals surface area contributed by atoms with Gasteiger partial charge >= 0.3 is 0 Å². The van der Waals surface area contributed by atoms with Gasteiger partial charge in [-0.15, -0.1) is 11.3 Å². The second kappa shape index (κ2) is 5.56. The maximum absolute atomic E-state index is 12.2. The minimum Gasteiger partial charge on any atom is -0.306 e. The Hall–Kier alpha value is -1.75. The van der Waals surface area contributed by atoms with E-state index in [1.165, 1.54) is 6.07 Å². The van der Waals surface area contributed by atoms with Crippen LogP contribution in [0.25, 0.3) is 0 Å². The van der Waals surface area contributed by atoms with Gasteiger partial charge in [0.05, 0.1) is 17.2 Å². The van der Waals surface area contributed by atoms with E-state index >= 15 is 0 Å². The van der Waals surface area contributed by atoms with Crippen LogP contribution < -0.4 is 5.56 Å². The van der Waals surface area contributed by atoms with Gasteiger partial charge in [-0.1, -0.05) is 13.8 Å². The van der Waals surface area contributed by atoms with Gasteiger partial charge in [0, 0.05) is 35.0 Å². The van der Waals surface area contributed by atoms with Crippen LogP contribution in [0.4, 0.5) is 0 Å². The van der Waals surface area contributed by atoms with Crippen LogP contribution in [-0.4, -0.2) is 15.3 Å². The monoisotopic (exact) mass is 302 g/mol. The number of carbonyl (C=O) groups is 1. The summed E-state index contributed by atoms with van der Waals surface area (Å²) in [5.74, 6) is 0.540. The molecule has 0 radical (unpaired) electrons. The second-order valence-corrected chi connectivity index (χ2v) is 6.62. The Bertz CT molecular complexity index is 743. The van der Waals surface area contributed by atoms with E-state index in [1.807, 2.05) is 5.38 Å². The minimum atomic E-state index is -0.0532. The normalized spacial score (nSPS) is 14.5. The fraction of sp³-hybridized carbons (Fsp3) is 0.438. The number of Topliss-reactive ketones (excluding diaryl/α,β-unsaturated/α-hetero) is 1.